The van der Waals surface area contributed by atoms with Gasteiger partial charge in [0.05, 0.1) is 15.6 Å². The molecule has 5 nitrogen and oxygen atoms in total. The molecule has 0 saturated heterocycles. The highest BCUT2D eigenvalue weighted by molar-refractivity contribution is 6.36. The Bertz CT molecular complexity index is 605. The lowest BCUT2D eigenvalue weighted by Crippen LogP contribution is -1.99. The fourth-order valence-corrected chi connectivity index (χ4v) is 1.81. The van der Waals surface area contributed by atoms with Crippen molar-refractivity contribution in [1.82, 2.24) is 4.98 Å². The number of hydrogen-bond acceptors (Lipinski definition) is 4. The van der Waals surface area contributed by atoms with E-state index in [1.807, 2.05) is 0 Å². The maximum atomic E-state index is 10.8. The van der Waals surface area contributed by atoms with Gasteiger partial charge in [-0.1, -0.05) is 23.2 Å². The Kier molecular flexibility index (Phi) is 3.64. The molecule has 1 N–H and O–H groups in total. The first kappa shape index (κ1) is 12.6. The number of aromatic nitrogens is 1. The van der Waals surface area contributed by atoms with Crippen molar-refractivity contribution in [2.45, 2.75) is 0 Å². The van der Waals surface area contributed by atoms with E-state index in [1.165, 1.54) is 18.3 Å². The second-order valence-electron chi connectivity index (χ2n) is 3.38. The van der Waals surface area contributed by atoms with E-state index < -0.39 is 4.92 Å². The average molecular weight is 284 g/mol. The van der Waals surface area contributed by atoms with Crippen molar-refractivity contribution in [1.29, 1.82) is 0 Å². The molecule has 1 heterocycles. The van der Waals surface area contributed by atoms with Crippen molar-refractivity contribution >= 4 is 40.4 Å². The molecule has 7 heteroatoms. The van der Waals surface area contributed by atoms with Gasteiger partial charge in [0.15, 0.2) is 0 Å². The lowest BCUT2D eigenvalue weighted by molar-refractivity contribution is -0.384. The van der Waals surface area contributed by atoms with Crippen LogP contribution in [0.4, 0.5) is 17.2 Å². The van der Waals surface area contributed by atoms with Crippen LogP contribution in [0.1, 0.15) is 0 Å². The van der Waals surface area contributed by atoms with Gasteiger partial charge in [0.1, 0.15) is 0 Å². The van der Waals surface area contributed by atoms with Gasteiger partial charge >= 0.3 is 5.69 Å². The average Bonchev–Trinajstić information content (AvgIpc) is 2.33. The first-order valence-corrected chi connectivity index (χ1v) is 5.65. The monoisotopic (exact) mass is 283 g/mol. The Labute approximate surface area is 113 Å². The normalized spacial score (nSPS) is 10.1. The highest BCUT2D eigenvalue weighted by Crippen LogP contribution is 2.30. The molecule has 0 unspecified atom stereocenters. The Balaban J connectivity index is 2.37. The van der Waals surface area contributed by atoms with Gasteiger partial charge in [-0.05, 0) is 24.3 Å². The maximum Gasteiger partial charge on any atom is 0.311 e. The van der Waals surface area contributed by atoms with Gasteiger partial charge in [-0.25, -0.2) is 4.98 Å². The van der Waals surface area contributed by atoms with Crippen molar-refractivity contribution in [2.75, 3.05) is 5.32 Å². The predicted molar refractivity (Wildman–Crippen MR) is 70.6 cm³/mol. The van der Waals surface area contributed by atoms with E-state index in [4.69, 9.17) is 23.2 Å². The molecular formula is C11H7Cl2N3O2. The molecule has 0 aliphatic heterocycles. The summed E-state index contributed by atoms with van der Waals surface area (Å²) in [5.41, 5.74) is 0.381. The summed E-state index contributed by atoms with van der Waals surface area (Å²) in [6, 6.07) is 7.65. The number of halogens is 2. The summed E-state index contributed by atoms with van der Waals surface area (Å²) in [6.45, 7) is 0. The number of rotatable bonds is 3. The molecule has 1 aromatic heterocycles. The van der Waals surface area contributed by atoms with Crippen LogP contribution in [0, 0.1) is 10.1 Å². The molecule has 1 aromatic carbocycles. The molecule has 0 aliphatic carbocycles. The maximum absolute atomic E-state index is 10.8. The van der Waals surface area contributed by atoms with Crippen molar-refractivity contribution < 1.29 is 4.92 Å². The van der Waals surface area contributed by atoms with Crippen LogP contribution in [0.3, 0.4) is 0 Å². The van der Waals surface area contributed by atoms with Crippen LogP contribution in [0.2, 0.25) is 10.0 Å². The first-order chi connectivity index (χ1) is 8.58. The molecule has 0 radical (unpaired) electrons. The molecule has 92 valence electrons. The van der Waals surface area contributed by atoms with Crippen LogP contribution in [-0.2, 0) is 0 Å². The molecular weight excluding hydrogens is 277 g/mol. The van der Waals surface area contributed by atoms with Gasteiger partial charge in [-0.3, -0.25) is 10.1 Å². The lowest BCUT2D eigenvalue weighted by atomic mass is 10.3. The molecule has 2 rings (SSSR count). The summed E-state index contributed by atoms with van der Waals surface area (Å²) >= 11 is 11.7. The minimum atomic E-state index is -0.515. The molecule has 0 saturated carbocycles. The van der Waals surface area contributed by atoms with E-state index in [2.05, 4.69) is 10.3 Å². The topological polar surface area (TPSA) is 68.1 Å². The van der Waals surface area contributed by atoms with Crippen molar-refractivity contribution in [3.8, 4) is 0 Å². The summed E-state index contributed by atoms with van der Waals surface area (Å²) in [4.78, 5) is 14.2. The quantitative estimate of drug-likeness (QED) is 0.682. The second-order valence-corrected chi connectivity index (χ2v) is 4.22. The van der Waals surface area contributed by atoms with Crippen molar-refractivity contribution in [3.63, 3.8) is 0 Å². The van der Waals surface area contributed by atoms with Crippen LogP contribution in [0.15, 0.2) is 36.5 Å². The van der Waals surface area contributed by atoms with E-state index in [-0.39, 0.29) is 11.5 Å². The predicted octanol–water partition coefficient (Wildman–Crippen LogP) is 4.04. The molecule has 0 fully saturated rings. The molecule has 0 atom stereocenters. The largest absolute Gasteiger partial charge is 0.333 e. The number of hydrogen-bond donors (Lipinski definition) is 1. The van der Waals surface area contributed by atoms with Crippen molar-refractivity contribution in [2.24, 2.45) is 0 Å². The van der Waals surface area contributed by atoms with Gasteiger partial charge in [0, 0.05) is 17.3 Å². The minimum Gasteiger partial charge on any atom is -0.333 e. The van der Waals surface area contributed by atoms with Crippen LogP contribution in [0.25, 0.3) is 0 Å². The summed E-state index contributed by atoms with van der Waals surface area (Å²) in [6.07, 6.45) is 1.46. The smallest absolute Gasteiger partial charge is 0.311 e. The Hall–Kier alpha value is -1.85. The van der Waals surface area contributed by atoms with Crippen LogP contribution in [0.5, 0.6) is 0 Å². The zero-order chi connectivity index (χ0) is 13.1. The van der Waals surface area contributed by atoms with E-state index in [1.54, 1.807) is 18.2 Å². The first-order valence-electron chi connectivity index (χ1n) is 4.89. The van der Waals surface area contributed by atoms with E-state index in [9.17, 15) is 10.1 Å². The lowest BCUT2D eigenvalue weighted by Gasteiger charge is -2.07. The third-order valence-corrected chi connectivity index (χ3v) is 2.72. The van der Waals surface area contributed by atoms with Crippen molar-refractivity contribution in [3.05, 3.63) is 56.7 Å². The Morgan fingerprint density at radius 3 is 2.72 bits per heavy atom. The number of nitro groups is 1. The fourth-order valence-electron chi connectivity index (χ4n) is 1.36. The summed E-state index contributed by atoms with van der Waals surface area (Å²) < 4.78 is 0. The van der Waals surface area contributed by atoms with Gasteiger partial charge in [0.2, 0.25) is 5.82 Å². The third kappa shape index (κ3) is 2.69. The third-order valence-electron chi connectivity index (χ3n) is 2.17. The van der Waals surface area contributed by atoms with E-state index in [0.717, 1.165) is 0 Å². The molecule has 18 heavy (non-hydrogen) atoms. The standard InChI is InChI=1S/C11H7Cl2N3O2/c12-7-3-4-9(8(13)6-7)15-11-10(16(17)18)2-1-5-14-11/h1-6H,(H,14,15). The van der Waals surface area contributed by atoms with Gasteiger partial charge in [-0.2, -0.15) is 0 Å². The zero-order valence-corrected chi connectivity index (χ0v) is 10.4. The highest BCUT2D eigenvalue weighted by atomic mass is 35.5. The highest BCUT2D eigenvalue weighted by Gasteiger charge is 2.15. The summed E-state index contributed by atoms with van der Waals surface area (Å²) in [7, 11) is 0. The fraction of sp³-hybridized carbons (Fsp3) is 0. The second kappa shape index (κ2) is 5.20. The summed E-state index contributed by atoms with van der Waals surface area (Å²) in [5, 5.41) is 14.5. The number of benzene rings is 1. The molecule has 0 bridgehead atoms. The Morgan fingerprint density at radius 1 is 1.28 bits per heavy atom. The van der Waals surface area contributed by atoms with Gasteiger partial charge in [0.25, 0.3) is 0 Å². The van der Waals surface area contributed by atoms with Gasteiger partial charge < -0.3 is 5.32 Å². The summed E-state index contributed by atoms with van der Waals surface area (Å²) in [5.74, 6) is 0.131. The van der Waals surface area contributed by atoms with Crippen LogP contribution < -0.4 is 5.32 Å². The number of pyridine rings is 1. The molecule has 2 aromatic rings. The van der Waals surface area contributed by atoms with E-state index >= 15 is 0 Å². The molecule has 0 amide bonds. The number of nitrogens with one attached hydrogen (secondary N) is 1. The Morgan fingerprint density at radius 2 is 2.06 bits per heavy atom. The number of anilines is 2. The SMILES string of the molecule is O=[N+]([O-])c1cccnc1Nc1ccc(Cl)cc1Cl. The minimum absolute atomic E-state index is 0.122. The van der Waals surface area contributed by atoms with E-state index in [0.29, 0.717) is 15.7 Å². The zero-order valence-electron chi connectivity index (χ0n) is 8.93. The number of nitrogens with zero attached hydrogens (tertiary/aromatic N) is 2. The van der Waals surface area contributed by atoms with Crippen LogP contribution in [-0.4, -0.2) is 9.91 Å². The van der Waals surface area contributed by atoms with Crippen LogP contribution >= 0.6 is 23.2 Å². The van der Waals surface area contributed by atoms with Gasteiger partial charge in [-0.15, -0.1) is 0 Å². The molecule has 0 aliphatic rings. The molecule has 0 spiro atoms.